The second-order valence-electron chi connectivity index (χ2n) is 4.83. The van der Waals surface area contributed by atoms with E-state index >= 15 is 0 Å². The number of hydrogen-bond donors (Lipinski definition) is 1. The molecule has 19 heavy (non-hydrogen) atoms. The highest BCUT2D eigenvalue weighted by Crippen LogP contribution is 2.09. The van der Waals surface area contributed by atoms with Gasteiger partial charge in [-0.3, -0.25) is 4.79 Å². The zero-order valence-corrected chi connectivity index (χ0v) is 11.1. The topological polar surface area (TPSA) is 56.1 Å². The number of nitrogens with one attached hydrogen (secondary N) is 1. The number of hydrogen-bond acceptors (Lipinski definition) is 3. The normalized spacial score (nSPS) is 14.7. The molecule has 1 aromatic carbocycles. The van der Waals surface area contributed by atoms with Crippen molar-refractivity contribution in [2.75, 3.05) is 19.6 Å². The Morgan fingerprint density at radius 1 is 1.42 bits per heavy atom. The monoisotopic (exact) mass is 257 g/mol. The van der Waals surface area contributed by atoms with Gasteiger partial charge in [-0.1, -0.05) is 12.1 Å². The third-order valence-electron chi connectivity index (χ3n) is 3.34. The first-order valence-corrected chi connectivity index (χ1v) is 6.77. The number of nitriles is 1. The second kappa shape index (κ2) is 6.91. The summed E-state index contributed by atoms with van der Waals surface area (Å²) in [5.41, 5.74) is 1.82. The van der Waals surface area contributed by atoms with Gasteiger partial charge in [-0.25, -0.2) is 0 Å². The van der Waals surface area contributed by atoms with Gasteiger partial charge in [0, 0.05) is 26.1 Å². The van der Waals surface area contributed by atoms with Crippen molar-refractivity contribution in [3.8, 4) is 6.07 Å². The Bertz CT molecular complexity index is 479. The van der Waals surface area contributed by atoms with Gasteiger partial charge in [0.15, 0.2) is 0 Å². The lowest BCUT2D eigenvalue weighted by Gasteiger charge is -2.15. The van der Waals surface area contributed by atoms with Crippen LogP contribution in [0, 0.1) is 11.3 Å². The van der Waals surface area contributed by atoms with E-state index in [2.05, 4.69) is 11.4 Å². The van der Waals surface area contributed by atoms with E-state index in [9.17, 15) is 4.79 Å². The van der Waals surface area contributed by atoms with Gasteiger partial charge in [-0.2, -0.15) is 5.26 Å². The molecule has 0 bridgehead atoms. The fourth-order valence-corrected chi connectivity index (χ4v) is 2.32. The summed E-state index contributed by atoms with van der Waals surface area (Å²) >= 11 is 0. The summed E-state index contributed by atoms with van der Waals surface area (Å²) in [5.74, 6) is 0.293. The summed E-state index contributed by atoms with van der Waals surface area (Å²) in [5, 5.41) is 12.2. The van der Waals surface area contributed by atoms with Crippen molar-refractivity contribution in [3.63, 3.8) is 0 Å². The van der Waals surface area contributed by atoms with Crippen LogP contribution in [0.15, 0.2) is 24.3 Å². The number of likely N-dealkylation sites (tertiary alicyclic amines) is 1. The number of amides is 1. The lowest BCUT2D eigenvalue weighted by Crippen LogP contribution is -2.28. The highest BCUT2D eigenvalue weighted by atomic mass is 16.2. The van der Waals surface area contributed by atoms with Crippen LogP contribution in [0.1, 0.15) is 30.4 Å². The molecule has 1 fully saturated rings. The van der Waals surface area contributed by atoms with Crippen LogP contribution >= 0.6 is 0 Å². The molecule has 1 aliphatic heterocycles. The molecule has 0 unspecified atom stereocenters. The van der Waals surface area contributed by atoms with E-state index in [0.29, 0.717) is 17.9 Å². The smallest absolute Gasteiger partial charge is 0.222 e. The van der Waals surface area contributed by atoms with Gasteiger partial charge >= 0.3 is 0 Å². The minimum atomic E-state index is 0.293. The molecule has 1 amide bonds. The lowest BCUT2D eigenvalue weighted by atomic mass is 10.1. The molecule has 0 atom stereocenters. The zero-order chi connectivity index (χ0) is 13.5. The number of carbonyl (C=O) groups is 1. The fraction of sp³-hybridized carbons (Fsp3) is 0.467. The van der Waals surface area contributed by atoms with E-state index < -0.39 is 0 Å². The van der Waals surface area contributed by atoms with Crippen LogP contribution in [0.25, 0.3) is 0 Å². The van der Waals surface area contributed by atoms with Crippen molar-refractivity contribution < 1.29 is 4.79 Å². The fourth-order valence-electron chi connectivity index (χ4n) is 2.32. The van der Waals surface area contributed by atoms with E-state index in [-0.39, 0.29) is 0 Å². The highest BCUT2D eigenvalue weighted by Gasteiger charge is 2.18. The van der Waals surface area contributed by atoms with E-state index in [1.54, 1.807) is 0 Å². The molecule has 2 rings (SSSR count). The maximum atomic E-state index is 11.4. The number of nitrogens with zero attached hydrogens (tertiary/aromatic N) is 2. The van der Waals surface area contributed by atoms with Gasteiger partial charge in [-0.15, -0.1) is 0 Å². The number of rotatable bonds is 6. The molecule has 100 valence electrons. The van der Waals surface area contributed by atoms with E-state index in [1.165, 1.54) is 0 Å². The van der Waals surface area contributed by atoms with E-state index in [4.69, 9.17) is 5.26 Å². The van der Waals surface area contributed by atoms with Crippen molar-refractivity contribution in [1.82, 2.24) is 10.2 Å². The standard InChI is InChI=1S/C15H19N3O/c16-11-13-4-1-5-14(10-13)12-17-7-3-9-18-8-2-6-15(18)19/h1,4-5,10,17H,2-3,6-9,12H2. The van der Waals surface area contributed by atoms with Crippen LogP contribution in [0.3, 0.4) is 0 Å². The average molecular weight is 257 g/mol. The van der Waals surface area contributed by atoms with Crippen molar-refractivity contribution in [3.05, 3.63) is 35.4 Å². The van der Waals surface area contributed by atoms with Crippen LogP contribution in [-0.4, -0.2) is 30.4 Å². The van der Waals surface area contributed by atoms with Crippen molar-refractivity contribution in [2.45, 2.75) is 25.8 Å². The zero-order valence-electron chi connectivity index (χ0n) is 11.1. The molecule has 1 heterocycles. The summed E-state index contributed by atoms with van der Waals surface area (Å²) < 4.78 is 0. The molecule has 0 aliphatic carbocycles. The predicted octanol–water partition coefficient (Wildman–Crippen LogP) is 1.66. The molecule has 0 spiro atoms. The molecule has 4 heteroatoms. The van der Waals surface area contributed by atoms with Gasteiger partial charge in [0.2, 0.25) is 5.91 Å². The Morgan fingerprint density at radius 2 is 2.32 bits per heavy atom. The van der Waals surface area contributed by atoms with Crippen molar-refractivity contribution in [1.29, 1.82) is 5.26 Å². The Labute approximate surface area is 114 Å². The van der Waals surface area contributed by atoms with Crippen LogP contribution < -0.4 is 5.32 Å². The molecule has 1 N–H and O–H groups in total. The first kappa shape index (κ1) is 13.6. The maximum Gasteiger partial charge on any atom is 0.222 e. The summed E-state index contributed by atoms with van der Waals surface area (Å²) in [6, 6.07) is 9.76. The highest BCUT2D eigenvalue weighted by molar-refractivity contribution is 5.77. The quantitative estimate of drug-likeness (QED) is 0.789. The SMILES string of the molecule is N#Cc1cccc(CNCCCN2CCCC2=O)c1. The Balaban J connectivity index is 1.64. The third-order valence-corrected chi connectivity index (χ3v) is 3.34. The third kappa shape index (κ3) is 4.08. The molecular weight excluding hydrogens is 238 g/mol. The van der Waals surface area contributed by atoms with Crippen LogP contribution in [0.2, 0.25) is 0 Å². The van der Waals surface area contributed by atoms with Gasteiger partial charge in [-0.05, 0) is 37.1 Å². The molecule has 0 aromatic heterocycles. The average Bonchev–Trinajstić information content (AvgIpc) is 2.84. The van der Waals surface area contributed by atoms with E-state index in [1.807, 2.05) is 29.2 Å². The molecular formula is C15H19N3O. The molecule has 0 saturated carbocycles. The maximum absolute atomic E-state index is 11.4. The summed E-state index contributed by atoms with van der Waals surface area (Å²) in [7, 11) is 0. The number of benzene rings is 1. The molecule has 4 nitrogen and oxygen atoms in total. The Kier molecular flexibility index (Phi) is 4.93. The predicted molar refractivity (Wildman–Crippen MR) is 73.3 cm³/mol. The molecule has 0 radical (unpaired) electrons. The van der Waals surface area contributed by atoms with Gasteiger partial charge in [0.25, 0.3) is 0 Å². The largest absolute Gasteiger partial charge is 0.343 e. The van der Waals surface area contributed by atoms with E-state index in [0.717, 1.165) is 44.6 Å². The first-order chi connectivity index (χ1) is 9.29. The summed E-state index contributed by atoms with van der Waals surface area (Å²) in [6.07, 6.45) is 2.70. The molecule has 1 saturated heterocycles. The minimum Gasteiger partial charge on any atom is -0.343 e. The van der Waals surface area contributed by atoms with Crippen molar-refractivity contribution in [2.24, 2.45) is 0 Å². The Hall–Kier alpha value is -1.86. The van der Waals surface area contributed by atoms with Crippen LogP contribution in [-0.2, 0) is 11.3 Å². The van der Waals surface area contributed by atoms with Gasteiger partial charge in [0.1, 0.15) is 0 Å². The minimum absolute atomic E-state index is 0.293. The Morgan fingerprint density at radius 3 is 3.05 bits per heavy atom. The van der Waals surface area contributed by atoms with Gasteiger partial charge < -0.3 is 10.2 Å². The summed E-state index contributed by atoms with van der Waals surface area (Å²) in [6.45, 7) is 3.43. The first-order valence-electron chi connectivity index (χ1n) is 6.77. The van der Waals surface area contributed by atoms with Crippen LogP contribution in [0.5, 0.6) is 0 Å². The molecule has 1 aromatic rings. The number of carbonyl (C=O) groups excluding carboxylic acids is 1. The summed E-state index contributed by atoms with van der Waals surface area (Å²) in [4.78, 5) is 13.3. The lowest BCUT2D eigenvalue weighted by molar-refractivity contribution is -0.127. The molecule has 1 aliphatic rings. The van der Waals surface area contributed by atoms with Crippen molar-refractivity contribution >= 4 is 5.91 Å². The second-order valence-corrected chi connectivity index (χ2v) is 4.83. The van der Waals surface area contributed by atoms with Gasteiger partial charge in [0.05, 0.1) is 11.6 Å². The van der Waals surface area contributed by atoms with Crippen LogP contribution in [0.4, 0.5) is 0 Å².